The topological polar surface area (TPSA) is 37.8 Å². The zero-order valence-corrected chi connectivity index (χ0v) is 12.8. The molecule has 0 bridgehead atoms. The van der Waals surface area contributed by atoms with Gasteiger partial charge in [-0.05, 0) is 56.5 Å². The van der Waals surface area contributed by atoms with Gasteiger partial charge in [0.25, 0.3) is 5.56 Å². The summed E-state index contributed by atoms with van der Waals surface area (Å²) in [5.41, 5.74) is 0.887. The van der Waals surface area contributed by atoms with Gasteiger partial charge in [-0.15, -0.1) is 0 Å². The molecule has 1 unspecified atom stereocenters. The summed E-state index contributed by atoms with van der Waals surface area (Å²) in [6.07, 6.45) is 0. The van der Waals surface area contributed by atoms with E-state index in [2.05, 4.69) is 37.0 Å². The lowest BCUT2D eigenvalue weighted by Gasteiger charge is -2.13. The molecule has 2 aromatic rings. The lowest BCUT2D eigenvalue weighted by Crippen LogP contribution is -2.20. The van der Waals surface area contributed by atoms with E-state index < -0.39 is 0 Å². The van der Waals surface area contributed by atoms with Crippen LogP contribution in [0.1, 0.15) is 18.5 Å². The average Bonchev–Trinajstić information content (AvgIpc) is 2.61. The van der Waals surface area contributed by atoms with Crippen molar-refractivity contribution in [3.05, 3.63) is 54.3 Å². The zero-order chi connectivity index (χ0) is 12.6. The van der Waals surface area contributed by atoms with Crippen molar-refractivity contribution in [1.82, 2.24) is 9.78 Å². The Bertz CT molecular complexity index is 606. The Hall–Kier alpha value is -0.520. The molecule has 2 rings (SSSR count). The van der Waals surface area contributed by atoms with Crippen LogP contribution in [-0.2, 0) is 0 Å². The van der Waals surface area contributed by atoms with E-state index in [1.54, 1.807) is 4.68 Å². The van der Waals surface area contributed by atoms with E-state index in [1.807, 2.05) is 25.1 Å². The molecule has 1 aromatic heterocycles. The fraction of sp³-hybridized carbons (Fsp3) is 0.182. The lowest BCUT2D eigenvalue weighted by molar-refractivity contribution is 0.545. The second-order valence-corrected chi connectivity index (χ2v) is 5.78. The van der Waals surface area contributed by atoms with Crippen molar-refractivity contribution < 1.29 is 0 Å². The Kier molecular flexibility index (Phi) is 3.80. The van der Waals surface area contributed by atoms with E-state index in [9.17, 15) is 4.79 Å². The van der Waals surface area contributed by atoms with Crippen molar-refractivity contribution in [3.8, 4) is 0 Å². The van der Waals surface area contributed by atoms with Crippen molar-refractivity contribution in [3.63, 3.8) is 0 Å². The van der Waals surface area contributed by atoms with Crippen LogP contribution in [0.15, 0.2) is 38.1 Å². The number of hydrogen-bond acceptors (Lipinski definition) is 1. The highest BCUT2D eigenvalue weighted by molar-refractivity contribution is 9.10. The van der Waals surface area contributed by atoms with Crippen molar-refractivity contribution in [1.29, 1.82) is 0 Å². The Balaban J connectivity index is 2.43. The number of nitrogens with zero attached hydrogens (tertiary/aromatic N) is 1. The molecule has 0 spiro atoms. The minimum Gasteiger partial charge on any atom is -0.288 e. The summed E-state index contributed by atoms with van der Waals surface area (Å²) in [4.78, 5) is 11.7. The summed E-state index contributed by atoms with van der Waals surface area (Å²) in [5, 5.41) is 3.58. The van der Waals surface area contributed by atoms with Gasteiger partial charge in [-0.25, -0.2) is 4.68 Å². The summed E-state index contributed by atoms with van der Waals surface area (Å²) in [7, 11) is 0. The molecule has 3 nitrogen and oxygen atoms in total. The van der Waals surface area contributed by atoms with Gasteiger partial charge >= 0.3 is 0 Å². The summed E-state index contributed by atoms with van der Waals surface area (Å²) in [6.45, 7) is 1.93. The number of aromatic amines is 1. The van der Waals surface area contributed by atoms with Crippen molar-refractivity contribution in [2.75, 3.05) is 0 Å². The number of nitrogens with one attached hydrogen (secondary N) is 1. The number of halogens is 3. The van der Waals surface area contributed by atoms with Crippen LogP contribution in [0.4, 0.5) is 0 Å². The van der Waals surface area contributed by atoms with E-state index in [-0.39, 0.29) is 11.6 Å². The molecule has 0 aliphatic heterocycles. The Morgan fingerprint density at radius 1 is 1.35 bits per heavy atom. The van der Waals surface area contributed by atoms with Crippen LogP contribution in [0.3, 0.4) is 0 Å². The Morgan fingerprint density at radius 2 is 2.06 bits per heavy atom. The molecule has 0 fully saturated rings. The molecule has 90 valence electrons. The van der Waals surface area contributed by atoms with Crippen LogP contribution in [0.5, 0.6) is 0 Å². The molecule has 6 heteroatoms. The molecule has 1 atom stereocenters. The molecule has 0 saturated heterocycles. The van der Waals surface area contributed by atoms with Gasteiger partial charge < -0.3 is 0 Å². The monoisotopic (exact) mass is 378 g/mol. The van der Waals surface area contributed by atoms with Crippen molar-refractivity contribution >= 4 is 43.5 Å². The van der Waals surface area contributed by atoms with Crippen LogP contribution >= 0.6 is 43.5 Å². The van der Waals surface area contributed by atoms with Crippen LogP contribution in [0.25, 0.3) is 0 Å². The van der Waals surface area contributed by atoms with Gasteiger partial charge in [-0.1, -0.05) is 17.7 Å². The number of aromatic nitrogens is 2. The second kappa shape index (κ2) is 5.00. The third-order valence-corrected chi connectivity index (χ3v) is 4.17. The lowest BCUT2D eigenvalue weighted by atomic mass is 10.1. The Morgan fingerprint density at radius 3 is 2.59 bits per heavy atom. The molecular weight excluding hydrogens is 371 g/mol. The van der Waals surface area contributed by atoms with Gasteiger partial charge in [0.2, 0.25) is 0 Å². The van der Waals surface area contributed by atoms with Crippen LogP contribution < -0.4 is 5.56 Å². The SMILES string of the molecule is CC(c1ccc(Br)c(Cl)c1)n1[nH]c(Br)cc1=O. The minimum atomic E-state index is -0.0978. The predicted octanol–water partition coefficient (Wildman–Crippen LogP) is 3.96. The van der Waals surface area contributed by atoms with Crippen LogP contribution in [0, 0.1) is 0 Å². The first-order chi connectivity index (χ1) is 7.99. The molecule has 0 amide bonds. The van der Waals surface area contributed by atoms with Gasteiger partial charge in [-0.2, -0.15) is 0 Å². The number of rotatable bonds is 2. The molecular formula is C11H9Br2ClN2O. The second-order valence-electron chi connectivity index (χ2n) is 3.66. The number of H-pyrrole nitrogens is 1. The first-order valence-corrected chi connectivity index (χ1v) is 6.87. The van der Waals surface area contributed by atoms with Gasteiger partial charge in [-0.3, -0.25) is 9.89 Å². The van der Waals surface area contributed by atoms with E-state index in [0.717, 1.165) is 10.0 Å². The van der Waals surface area contributed by atoms with Crippen molar-refractivity contribution in [2.45, 2.75) is 13.0 Å². The Labute approximate surface area is 120 Å². The highest BCUT2D eigenvalue weighted by atomic mass is 79.9. The predicted molar refractivity (Wildman–Crippen MR) is 75.7 cm³/mol. The zero-order valence-electron chi connectivity index (χ0n) is 8.88. The van der Waals surface area contributed by atoms with Crippen molar-refractivity contribution in [2.24, 2.45) is 0 Å². The molecule has 17 heavy (non-hydrogen) atoms. The fourth-order valence-corrected chi connectivity index (χ4v) is 2.41. The maximum Gasteiger partial charge on any atom is 0.268 e. The molecule has 1 N–H and O–H groups in total. The first kappa shape index (κ1) is 12.9. The van der Waals surface area contributed by atoms with Crippen LogP contribution in [-0.4, -0.2) is 9.78 Å². The summed E-state index contributed by atoms with van der Waals surface area (Å²) in [6, 6.07) is 7.05. The smallest absolute Gasteiger partial charge is 0.268 e. The molecule has 0 aliphatic carbocycles. The van der Waals surface area contributed by atoms with E-state index >= 15 is 0 Å². The van der Waals surface area contributed by atoms with E-state index in [1.165, 1.54) is 6.07 Å². The maximum atomic E-state index is 11.7. The highest BCUT2D eigenvalue weighted by Crippen LogP contribution is 2.27. The minimum absolute atomic E-state index is 0.0802. The van der Waals surface area contributed by atoms with Crippen LogP contribution in [0.2, 0.25) is 5.02 Å². The van der Waals surface area contributed by atoms with Gasteiger partial charge in [0.1, 0.15) is 4.60 Å². The first-order valence-electron chi connectivity index (χ1n) is 4.91. The van der Waals surface area contributed by atoms with Gasteiger partial charge in [0.15, 0.2) is 0 Å². The quantitative estimate of drug-likeness (QED) is 0.841. The third-order valence-electron chi connectivity index (χ3n) is 2.53. The molecule has 0 aliphatic rings. The van der Waals surface area contributed by atoms with Gasteiger partial charge in [0.05, 0.1) is 11.1 Å². The molecule has 1 heterocycles. The summed E-state index contributed by atoms with van der Waals surface area (Å²) >= 11 is 12.6. The number of hydrogen-bond donors (Lipinski definition) is 1. The highest BCUT2D eigenvalue weighted by Gasteiger charge is 2.12. The summed E-state index contributed by atoms with van der Waals surface area (Å²) < 4.78 is 3.05. The summed E-state index contributed by atoms with van der Waals surface area (Å²) in [5.74, 6) is 0. The number of benzene rings is 1. The standard InChI is InChI=1S/C11H9Br2ClN2O/c1-6(16-11(17)5-10(13)15-16)7-2-3-8(12)9(14)4-7/h2-6,15H,1H3. The third kappa shape index (κ3) is 2.67. The molecule has 0 radical (unpaired) electrons. The van der Waals surface area contributed by atoms with E-state index in [0.29, 0.717) is 9.63 Å². The van der Waals surface area contributed by atoms with E-state index in [4.69, 9.17) is 11.6 Å². The largest absolute Gasteiger partial charge is 0.288 e. The molecule has 1 aromatic carbocycles. The van der Waals surface area contributed by atoms with Gasteiger partial charge in [0, 0.05) is 10.5 Å². The fourth-order valence-electron chi connectivity index (χ4n) is 1.59. The normalized spacial score (nSPS) is 12.7. The maximum absolute atomic E-state index is 11.7. The molecule has 0 saturated carbocycles. The average molecular weight is 380 g/mol.